The lowest BCUT2D eigenvalue weighted by molar-refractivity contribution is -0.667. The van der Waals surface area contributed by atoms with Crippen molar-refractivity contribution in [1.82, 2.24) is 4.98 Å². The first kappa shape index (κ1) is 8.50. The van der Waals surface area contributed by atoms with E-state index in [1.807, 2.05) is 12.1 Å². The van der Waals surface area contributed by atoms with Crippen LogP contribution in [0.15, 0.2) is 18.3 Å². The van der Waals surface area contributed by atoms with Crippen molar-refractivity contribution < 1.29 is 5.32 Å². The Morgan fingerprint density at radius 3 is 3.09 bits per heavy atom. The zero-order valence-corrected chi connectivity index (χ0v) is 7.30. The van der Waals surface area contributed by atoms with Crippen molar-refractivity contribution in [3.63, 3.8) is 0 Å². The standard InChI is InChI=1S/C8H11ClN2/c1-2-10-6-7-3-4-11-8(9)5-7/h3-5,10H,2,6H2,1H3/p+1. The van der Waals surface area contributed by atoms with Crippen molar-refractivity contribution >= 4 is 11.6 Å². The Balaban J connectivity index is 2.56. The molecule has 1 heterocycles. The van der Waals surface area contributed by atoms with E-state index in [9.17, 15) is 0 Å². The summed E-state index contributed by atoms with van der Waals surface area (Å²) in [5.74, 6) is 0. The molecule has 0 aliphatic rings. The van der Waals surface area contributed by atoms with Gasteiger partial charge in [0.05, 0.1) is 6.54 Å². The number of hydrogen-bond acceptors (Lipinski definition) is 1. The number of halogens is 1. The zero-order valence-electron chi connectivity index (χ0n) is 6.55. The fourth-order valence-electron chi connectivity index (χ4n) is 0.881. The summed E-state index contributed by atoms with van der Waals surface area (Å²) in [6.45, 7) is 4.21. The molecule has 0 unspecified atom stereocenters. The maximum atomic E-state index is 5.70. The number of aromatic nitrogens is 1. The van der Waals surface area contributed by atoms with Gasteiger partial charge in [0.25, 0.3) is 0 Å². The fraction of sp³-hybridized carbons (Fsp3) is 0.375. The first-order valence-corrected chi connectivity index (χ1v) is 4.13. The Morgan fingerprint density at radius 2 is 2.45 bits per heavy atom. The van der Waals surface area contributed by atoms with Crippen LogP contribution in [0.25, 0.3) is 0 Å². The van der Waals surface area contributed by atoms with Gasteiger partial charge in [-0.2, -0.15) is 0 Å². The Kier molecular flexibility index (Phi) is 3.33. The lowest BCUT2D eigenvalue weighted by Crippen LogP contribution is -2.81. The highest BCUT2D eigenvalue weighted by Gasteiger charge is 1.94. The van der Waals surface area contributed by atoms with Crippen molar-refractivity contribution in [2.45, 2.75) is 13.5 Å². The highest BCUT2D eigenvalue weighted by molar-refractivity contribution is 6.29. The molecule has 0 amide bonds. The third-order valence-corrected chi connectivity index (χ3v) is 1.67. The minimum atomic E-state index is 0.576. The molecule has 2 N–H and O–H groups in total. The summed E-state index contributed by atoms with van der Waals surface area (Å²) in [7, 11) is 0. The molecule has 60 valence electrons. The monoisotopic (exact) mass is 171 g/mol. The molecular formula is C8H12ClN2+. The second kappa shape index (κ2) is 4.31. The second-order valence-electron chi connectivity index (χ2n) is 2.39. The van der Waals surface area contributed by atoms with Crippen molar-refractivity contribution in [3.8, 4) is 0 Å². The number of quaternary nitrogens is 1. The maximum Gasteiger partial charge on any atom is 0.129 e. The third-order valence-electron chi connectivity index (χ3n) is 1.46. The molecule has 2 nitrogen and oxygen atoms in total. The van der Waals surface area contributed by atoms with Gasteiger partial charge < -0.3 is 5.32 Å². The minimum absolute atomic E-state index is 0.576. The van der Waals surface area contributed by atoms with E-state index in [0.717, 1.165) is 13.1 Å². The molecule has 0 saturated heterocycles. The molecule has 0 aliphatic heterocycles. The first-order chi connectivity index (χ1) is 5.33. The van der Waals surface area contributed by atoms with Gasteiger partial charge in [0.2, 0.25) is 0 Å². The summed E-state index contributed by atoms with van der Waals surface area (Å²) in [4.78, 5) is 3.90. The minimum Gasteiger partial charge on any atom is -0.343 e. The van der Waals surface area contributed by atoms with Crippen molar-refractivity contribution in [3.05, 3.63) is 29.0 Å². The summed E-state index contributed by atoms with van der Waals surface area (Å²) in [6.07, 6.45) is 1.74. The van der Waals surface area contributed by atoms with Crippen molar-refractivity contribution in [2.24, 2.45) is 0 Å². The van der Waals surface area contributed by atoms with Crippen LogP contribution in [0.1, 0.15) is 12.5 Å². The molecule has 1 aromatic rings. The van der Waals surface area contributed by atoms with Crippen LogP contribution in [0.3, 0.4) is 0 Å². The van der Waals surface area contributed by atoms with Gasteiger partial charge in [-0.3, -0.25) is 0 Å². The number of nitrogens with two attached hydrogens (primary N) is 1. The summed E-state index contributed by atoms with van der Waals surface area (Å²) < 4.78 is 0. The average molecular weight is 172 g/mol. The Hall–Kier alpha value is -0.600. The van der Waals surface area contributed by atoms with Crippen LogP contribution < -0.4 is 5.32 Å². The van der Waals surface area contributed by atoms with Crippen LogP contribution in [0.5, 0.6) is 0 Å². The van der Waals surface area contributed by atoms with E-state index < -0.39 is 0 Å². The van der Waals surface area contributed by atoms with Crippen molar-refractivity contribution in [2.75, 3.05) is 6.54 Å². The number of pyridine rings is 1. The summed E-state index contributed by atoms with van der Waals surface area (Å²) in [5, 5.41) is 2.79. The molecule has 0 fully saturated rings. The summed E-state index contributed by atoms with van der Waals surface area (Å²) in [5.41, 5.74) is 1.23. The molecule has 0 aliphatic carbocycles. The van der Waals surface area contributed by atoms with E-state index in [0.29, 0.717) is 5.15 Å². The van der Waals surface area contributed by atoms with E-state index in [2.05, 4.69) is 17.2 Å². The van der Waals surface area contributed by atoms with E-state index in [1.54, 1.807) is 6.20 Å². The largest absolute Gasteiger partial charge is 0.343 e. The molecule has 0 radical (unpaired) electrons. The van der Waals surface area contributed by atoms with Gasteiger partial charge in [-0.05, 0) is 19.1 Å². The van der Waals surface area contributed by atoms with Crippen LogP contribution in [0, 0.1) is 0 Å². The van der Waals surface area contributed by atoms with Crippen LogP contribution >= 0.6 is 11.6 Å². The quantitative estimate of drug-likeness (QED) is 0.671. The van der Waals surface area contributed by atoms with Crippen LogP contribution in [0.4, 0.5) is 0 Å². The lowest BCUT2D eigenvalue weighted by Gasteiger charge is -1.97. The highest BCUT2D eigenvalue weighted by Crippen LogP contribution is 2.04. The normalized spacial score (nSPS) is 10.0. The average Bonchev–Trinajstić information content (AvgIpc) is 2.01. The van der Waals surface area contributed by atoms with Gasteiger partial charge in [-0.1, -0.05) is 11.6 Å². The number of hydrogen-bond donors (Lipinski definition) is 1. The van der Waals surface area contributed by atoms with Gasteiger partial charge in [-0.25, -0.2) is 4.98 Å². The summed E-state index contributed by atoms with van der Waals surface area (Å²) >= 11 is 5.70. The van der Waals surface area contributed by atoms with Crippen LogP contribution in [0.2, 0.25) is 5.15 Å². The predicted molar refractivity (Wildman–Crippen MR) is 45.4 cm³/mol. The van der Waals surface area contributed by atoms with E-state index in [1.165, 1.54) is 5.56 Å². The second-order valence-corrected chi connectivity index (χ2v) is 2.78. The maximum absolute atomic E-state index is 5.70. The zero-order chi connectivity index (χ0) is 8.10. The van der Waals surface area contributed by atoms with Gasteiger partial charge in [0.1, 0.15) is 11.7 Å². The molecule has 1 rings (SSSR count). The molecular weight excluding hydrogens is 160 g/mol. The number of nitrogens with zero attached hydrogens (tertiary/aromatic N) is 1. The van der Waals surface area contributed by atoms with E-state index in [4.69, 9.17) is 11.6 Å². The molecule has 0 saturated carbocycles. The summed E-state index contributed by atoms with van der Waals surface area (Å²) in [6, 6.07) is 3.88. The van der Waals surface area contributed by atoms with E-state index in [-0.39, 0.29) is 0 Å². The molecule has 0 spiro atoms. The smallest absolute Gasteiger partial charge is 0.129 e. The van der Waals surface area contributed by atoms with Gasteiger partial charge >= 0.3 is 0 Å². The highest BCUT2D eigenvalue weighted by atomic mass is 35.5. The van der Waals surface area contributed by atoms with Gasteiger partial charge in [0.15, 0.2) is 0 Å². The Morgan fingerprint density at radius 1 is 1.64 bits per heavy atom. The van der Waals surface area contributed by atoms with Gasteiger partial charge in [0, 0.05) is 11.8 Å². The molecule has 0 bridgehead atoms. The number of rotatable bonds is 3. The molecule has 0 aromatic carbocycles. The predicted octanol–water partition coefficient (Wildman–Crippen LogP) is 0.818. The fourth-order valence-corrected chi connectivity index (χ4v) is 1.08. The Bertz CT molecular complexity index is 225. The van der Waals surface area contributed by atoms with E-state index >= 15 is 0 Å². The first-order valence-electron chi connectivity index (χ1n) is 3.75. The third kappa shape index (κ3) is 2.87. The van der Waals surface area contributed by atoms with Crippen LogP contribution in [-0.2, 0) is 6.54 Å². The van der Waals surface area contributed by atoms with Crippen molar-refractivity contribution in [1.29, 1.82) is 0 Å². The topological polar surface area (TPSA) is 29.5 Å². The molecule has 11 heavy (non-hydrogen) atoms. The molecule has 0 atom stereocenters. The molecule has 3 heteroatoms. The Labute approximate surface area is 71.6 Å². The SMILES string of the molecule is CC[NH2+]Cc1ccnc(Cl)c1. The lowest BCUT2D eigenvalue weighted by atomic mass is 10.3. The van der Waals surface area contributed by atoms with Gasteiger partial charge in [-0.15, -0.1) is 0 Å². The molecule has 1 aromatic heterocycles. The van der Waals surface area contributed by atoms with Crippen LogP contribution in [-0.4, -0.2) is 11.5 Å².